The third kappa shape index (κ3) is 3.51. The van der Waals surface area contributed by atoms with E-state index in [-0.39, 0.29) is 15.8 Å². The van der Waals surface area contributed by atoms with Gasteiger partial charge in [-0.3, -0.25) is 4.79 Å². The summed E-state index contributed by atoms with van der Waals surface area (Å²) < 4.78 is 12.2. The van der Waals surface area contributed by atoms with Crippen molar-refractivity contribution >= 4 is 22.7 Å². The van der Waals surface area contributed by atoms with Crippen LogP contribution in [-0.4, -0.2) is 40.6 Å². The Morgan fingerprint density at radius 3 is 1.86 bits per heavy atom. The van der Waals surface area contributed by atoms with E-state index < -0.39 is 22.0 Å². The van der Waals surface area contributed by atoms with Crippen LogP contribution in [0, 0.1) is 0 Å². The number of carbonyl (C=O) groups excluding carboxylic acids is 1. The summed E-state index contributed by atoms with van der Waals surface area (Å²) in [5.41, 5.74) is -0.606. The van der Waals surface area contributed by atoms with Crippen LogP contribution in [0.3, 0.4) is 0 Å². The maximum atomic E-state index is 11.7. The molecule has 3 nitrogen and oxygen atoms in total. The van der Waals surface area contributed by atoms with Crippen molar-refractivity contribution in [3.8, 4) is 0 Å². The zero-order valence-electron chi connectivity index (χ0n) is 15.6. The molecule has 0 spiro atoms. The Balaban J connectivity index is 2.83. The van der Waals surface area contributed by atoms with Gasteiger partial charge in [0.2, 0.25) is 0 Å². The number of epoxide rings is 1. The largest absolute Gasteiger partial charge is 0.413 e. The minimum absolute atomic E-state index is 0.0762. The van der Waals surface area contributed by atoms with Crippen molar-refractivity contribution in [2.45, 2.75) is 89.1 Å². The number of carbonyl (C=O) groups is 1. The van der Waals surface area contributed by atoms with E-state index in [1.54, 1.807) is 0 Å². The van der Waals surface area contributed by atoms with E-state index in [0.717, 1.165) is 6.29 Å². The third-order valence-corrected chi connectivity index (χ3v) is 16.2. The summed E-state index contributed by atoms with van der Waals surface area (Å²) in [7, 11) is -3.54. The molecule has 0 radical (unpaired) electrons. The van der Waals surface area contributed by atoms with Crippen LogP contribution in [0.4, 0.5) is 0 Å². The molecule has 0 aromatic carbocycles. The number of hydrogen-bond donors (Lipinski definition) is 0. The molecule has 1 rings (SSSR count). The molecular formula is C16H34O3Si2. The van der Waals surface area contributed by atoms with Crippen molar-refractivity contribution in [2.24, 2.45) is 0 Å². The minimum atomic E-state index is -1.85. The van der Waals surface area contributed by atoms with Gasteiger partial charge in [-0.25, -0.2) is 0 Å². The Morgan fingerprint density at radius 1 is 1.05 bits per heavy atom. The van der Waals surface area contributed by atoms with Crippen LogP contribution < -0.4 is 0 Å². The van der Waals surface area contributed by atoms with Crippen molar-refractivity contribution in [1.82, 2.24) is 0 Å². The van der Waals surface area contributed by atoms with Gasteiger partial charge in [-0.1, -0.05) is 54.6 Å². The maximum Gasteiger partial charge on any atom is 0.192 e. The topological polar surface area (TPSA) is 38.8 Å². The molecule has 1 saturated heterocycles. The van der Waals surface area contributed by atoms with Crippen molar-refractivity contribution < 1.29 is 14.0 Å². The van der Waals surface area contributed by atoms with Crippen molar-refractivity contribution in [3.05, 3.63) is 0 Å². The second-order valence-electron chi connectivity index (χ2n) is 9.59. The molecule has 5 heteroatoms. The molecule has 0 saturated carbocycles. The first kappa shape index (κ1) is 19.1. The van der Waals surface area contributed by atoms with Gasteiger partial charge in [0.1, 0.15) is 0 Å². The van der Waals surface area contributed by atoms with E-state index in [1.807, 2.05) is 0 Å². The Labute approximate surface area is 132 Å². The van der Waals surface area contributed by atoms with E-state index in [1.165, 1.54) is 0 Å². The number of aldehydes is 1. The standard InChI is InChI=1S/C16H34O3Si2/c1-14(2,3)20(7,8)13-16(11-17,19-13)12-18-21(9,10)15(4,5)6/h11,13H,12H2,1-10H3/t13-,16-/m1/s1. The van der Waals surface area contributed by atoms with E-state index in [0.29, 0.717) is 6.61 Å². The highest BCUT2D eigenvalue weighted by molar-refractivity contribution is 6.82. The molecule has 1 aliphatic rings. The second kappa shape index (κ2) is 5.29. The van der Waals surface area contributed by atoms with Gasteiger partial charge in [0.25, 0.3) is 0 Å². The predicted octanol–water partition coefficient (Wildman–Crippen LogP) is 4.39. The second-order valence-corrected chi connectivity index (χ2v) is 19.9. The fraction of sp³-hybridized carbons (Fsp3) is 0.938. The summed E-state index contributed by atoms with van der Waals surface area (Å²) in [6, 6.07) is 0. The highest BCUT2D eigenvalue weighted by Crippen LogP contribution is 2.51. The Kier molecular flexibility index (Phi) is 4.80. The first-order valence-electron chi connectivity index (χ1n) is 7.89. The summed E-state index contributed by atoms with van der Waals surface area (Å²) in [6.45, 7) is 22.9. The fourth-order valence-electron chi connectivity index (χ4n) is 2.08. The minimum Gasteiger partial charge on any atom is -0.413 e. The molecular weight excluding hydrogens is 296 g/mol. The molecule has 124 valence electrons. The van der Waals surface area contributed by atoms with Crippen LogP contribution in [0.2, 0.25) is 36.3 Å². The highest BCUT2D eigenvalue weighted by atomic mass is 28.4. The fourth-order valence-corrected chi connectivity index (χ4v) is 5.77. The number of ether oxygens (including phenoxy) is 1. The normalized spacial score (nSPS) is 27.6. The average Bonchev–Trinajstić information content (AvgIpc) is 2.99. The van der Waals surface area contributed by atoms with Gasteiger partial charge >= 0.3 is 0 Å². The Bertz CT molecular complexity index is 405. The molecule has 0 N–H and O–H groups in total. The third-order valence-electron chi connectivity index (χ3n) is 5.98. The molecule has 0 aromatic heterocycles. The first-order valence-corrected chi connectivity index (χ1v) is 13.9. The van der Waals surface area contributed by atoms with Gasteiger partial charge in [-0.05, 0) is 23.2 Å². The van der Waals surface area contributed by atoms with Crippen molar-refractivity contribution in [3.63, 3.8) is 0 Å². The lowest BCUT2D eigenvalue weighted by molar-refractivity contribution is -0.113. The monoisotopic (exact) mass is 330 g/mol. The van der Waals surface area contributed by atoms with Crippen LogP contribution in [-0.2, 0) is 14.0 Å². The van der Waals surface area contributed by atoms with Crippen LogP contribution in [0.15, 0.2) is 0 Å². The summed E-state index contributed by atoms with van der Waals surface area (Å²) in [5, 5.41) is 0.359. The molecule has 1 aliphatic heterocycles. The molecule has 0 unspecified atom stereocenters. The predicted molar refractivity (Wildman–Crippen MR) is 94.0 cm³/mol. The summed E-state index contributed by atoms with van der Waals surface area (Å²) >= 11 is 0. The van der Waals surface area contributed by atoms with E-state index in [4.69, 9.17) is 9.16 Å². The lowest BCUT2D eigenvalue weighted by Crippen LogP contribution is -2.49. The van der Waals surface area contributed by atoms with Gasteiger partial charge in [-0.2, -0.15) is 0 Å². The number of rotatable bonds is 5. The summed E-state index contributed by atoms with van der Waals surface area (Å²) in [6.07, 6.45) is 0.991. The molecule has 0 amide bonds. The van der Waals surface area contributed by atoms with Gasteiger partial charge < -0.3 is 9.16 Å². The highest BCUT2D eigenvalue weighted by Gasteiger charge is 2.67. The average molecular weight is 331 g/mol. The van der Waals surface area contributed by atoms with Crippen molar-refractivity contribution in [1.29, 1.82) is 0 Å². The zero-order valence-corrected chi connectivity index (χ0v) is 17.6. The summed E-state index contributed by atoms with van der Waals surface area (Å²) in [5.74, 6) is 0. The van der Waals surface area contributed by atoms with Gasteiger partial charge in [0.15, 0.2) is 20.2 Å². The molecule has 0 aromatic rings. The van der Waals surface area contributed by atoms with Gasteiger partial charge in [-0.15, -0.1) is 0 Å². The molecule has 2 atom stereocenters. The van der Waals surface area contributed by atoms with Gasteiger partial charge in [0, 0.05) is 0 Å². The maximum absolute atomic E-state index is 11.7. The lowest BCUT2D eigenvalue weighted by Gasteiger charge is -2.38. The SMILES string of the molecule is CC(C)(C)[Si](C)(C)OC[C@@]1(C=O)O[C@@H]1[Si](C)(C)C(C)(C)C. The lowest BCUT2D eigenvalue weighted by atomic mass is 10.2. The molecule has 0 aliphatic carbocycles. The quantitative estimate of drug-likeness (QED) is 0.426. The molecule has 21 heavy (non-hydrogen) atoms. The number of hydrogen-bond acceptors (Lipinski definition) is 3. The van der Waals surface area contributed by atoms with Crippen LogP contribution in [0.25, 0.3) is 0 Å². The van der Waals surface area contributed by atoms with E-state index >= 15 is 0 Å². The molecule has 0 bridgehead atoms. The first-order chi connectivity index (χ1) is 9.11. The molecule has 1 fully saturated rings. The van der Waals surface area contributed by atoms with Gasteiger partial charge in [0.05, 0.1) is 20.4 Å². The Morgan fingerprint density at radius 2 is 1.52 bits per heavy atom. The van der Waals surface area contributed by atoms with Crippen molar-refractivity contribution in [2.75, 3.05) is 6.61 Å². The zero-order chi connectivity index (χ0) is 16.9. The Hall–Kier alpha value is 0.0238. The molecule has 1 heterocycles. The smallest absolute Gasteiger partial charge is 0.192 e. The van der Waals surface area contributed by atoms with Crippen LogP contribution >= 0.6 is 0 Å². The van der Waals surface area contributed by atoms with Crippen LogP contribution in [0.1, 0.15) is 41.5 Å². The van der Waals surface area contributed by atoms with Crippen LogP contribution in [0.5, 0.6) is 0 Å². The summed E-state index contributed by atoms with van der Waals surface area (Å²) in [4.78, 5) is 11.7. The van der Waals surface area contributed by atoms with E-state index in [9.17, 15) is 4.79 Å². The van der Waals surface area contributed by atoms with E-state index in [2.05, 4.69) is 67.7 Å².